The van der Waals surface area contributed by atoms with Crippen LogP contribution in [0.15, 0.2) is 29.3 Å². The second-order valence-electron chi connectivity index (χ2n) is 6.23. The maximum atomic E-state index is 13.1. The average Bonchev–Trinajstić information content (AvgIpc) is 2.61. The van der Waals surface area contributed by atoms with Crippen LogP contribution in [0.2, 0.25) is 0 Å². The number of ether oxygens (including phenoxy) is 1. The Morgan fingerprint density at radius 1 is 1.40 bits per heavy atom. The number of anilines is 1. The van der Waals surface area contributed by atoms with Crippen molar-refractivity contribution in [3.63, 3.8) is 0 Å². The number of hydrogen-bond acceptors (Lipinski definition) is 3. The molecule has 1 saturated heterocycles. The van der Waals surface area contributed by atoms with Crippen molar-refractivity contribution >= 4 is 17.6 Å². The normalized spacial score (nSPS) is 15.7. The lowest BCUT2D eigenvalue weighted by Gasteiger charge is -2.26. The van der Waals surface area contributed by atoms with E-state index in [4.69, 9.17) is 4.74 Å². The van der Waals surface area contributed by atoms with Gasteiger partial charge in [0.2, 0.25) is 5.91 Å². The molecule has 7 heteroatoms. The summed E-state index contributed by atoms with van der Waals surface area (Å²) in [5.74, 6) is 0.728. The number of amides is 1. The van der Waals surface area contributed by atoms with Gasteiger partial charge in [-0.2, -0.15) is 0 Å². The quantitative estimate of drug-likeness (QED) is 0.609. The van der Waals surface area contributed by atoms with Gasteiger partial charge in [-0.25, -0.2) is 4.39 Å². The van der Waals surface area contributed by atoms with Gasteiger partial charge in [-0.1, -0.05) is 6.07 Å². The Morgan fingerprint density at radius 3 is 2.84 bits per heavy atom. The van der Waals surface area contributed by atoms with Crippen LogP contribution in [-0.4, -0.2) is 57.2 Å². The molecular weight excluding hydrogens is 323 g/mol. The van der Waals surface area contributed by atoms with E-state index in [0.29, 0.717) is 17.6 Å². The molecule has 2 rings (SSSR count). The number of benzene rings is 1. The van der Waals surface area contributed by atoms with E-state index in [2.05, 4.69) is 15.6 Å². The van der Waals surface area contributed by atoms with E-state index in [-0.39, 0.29) is 18.3 Å². The number of carbonyl (C=O) groups is 1. The minimum Gasteiger partial charge on any atom is -0.381 e. The first-order valence-electron chi connectivity index (χ1n) is 8.63. The van der Waals surface area contributed by atoms with Crippen LogP contribution in [0.1, 0.15) is 19.3 Å². The van der Waals surface area contributed by atoms with Gasteiger partial charge in [-0.05, 0) is 43.4 Å². The van der Waals surface area contributed by atoms with Crippen molar-refractivity contribution in [2.45, 2.75) is 19.3 Å². The van der Waals surface area contributed by atoms with Crippen molar-refractivity contribution < 1.29 is 13.9 Å². The van der Waals surface area contributed by atoms with Crippen molar-refractivity contribution in [3.8, 4) is 0 Å². The van der Waals surface area contributed by atoms with E-state index in [1.165, 1.54) is 12.1 Å². The Morgan fingerprint density at radius 2 is 2.16 bits per heavy atom. The minimum atomic E-state index is -0.380. The second kappa shape index (κ2) is 9.98. The number of rotatable bonds is 6. The summed E-state index contributed by atoms with van der Waals surface area (Å²) in [4.78, 5) is 18.2. The Balaban J connectivity index is 1.73. The average molecular weight is 350 g/mol. The third kappa shape index (κ3) is 6.70. The van der Waals surface area contributed by atoms with E-state index < -0.39 is 0 Å². The number of aliphatic imine (C=N–C) groups is 1. The molecule has 0 saturated carbocycles. The Hall–Kier alpha value is -2.15. The molecule has 1 heterocycles. The highest BCUT2D eigenvalue weighted by Crippen LogP contribution is 2.18. The first-order valence-corrected chi connectivity index (χ1v) is 8.63. The topological polar surface area (TPSA) is 66.0 Å². The fourth-order valence-electron chi connectivity index (χ4n) is 2.83. The smallest absolute Gasteiger partial charge is 0.243 e. The molecule has 0 aliphatic carbocycles. The standard InChI is InChI=1S/C18H27FN4O2/c1-20-18(23(2)9-6-14-7-10-25-11-8-14)21-13-17(24)22-16-5-3-4-15(19)12-16/h3-5,12,14H,6-11,13H2,1-2H3,(H,20,21)(H,22,24). The molecule has 0 radical (unpaired) electrons. The van der Waals surface area contributed by atoms with E-state index in [0.717, 1.165) is 39.0 Å². The lowest BCUT2D eigenvalue weighted by Crippen LogP contribution is -2.43. The Labute approximate surface area is 148 Å². The molecule has 1 aromatic carbocycles. The Bertz CT molecular complexity index is 588. The molecule has 1 aromatic rings. The zero-order chi connectivity index (χ0) is 18.1. The summed E-state index contributed by atoms with van der Waals surface area (Å²) in [7, 11) is 3.65. The molecule has 0 bridgehead atoms. The largest absolute Gasteiger partial charge is 0.381 e. The number of halogens is 1. The van der Waals surface area contributed by atoms with Crippen molar-refractivity contribution in [2.24, 2.45) is 10.9 Å². The van der Waals surface area contributed by atoms with Crippen LogP contribution in [0.3, 0.4) is 0 Å². The lowest BCUT2D eigenvalue weighted by atomic mass is 9.96. The van der Waals surface area contributed by atoms with Gasteiger partial charge in [0.15, 0.2) is 5.96 Å². The predicted molar refractivity (Wildman–Crippen MR) is 97.2 cm³/mol. The first-order chi connectivity index (χ1) is 12.1. The summed E-state index contributed by atoms with van der Waals surface area (Å²) in [6, 6.07) is 5.83. The molecule has 138 valence electrons. The molecule has 1 fully saturated rings. The predicted octanol–water partition coefficient (Wildman–Crippen LogP) is 2.09. The van der Waals surface area contributed by atoms with Gasteiger partial charge in [0.25, 0.3) is 0 Å². The van der Waals surface area contributed by atoms with Gasteiger partial charge in [0.1, 0.15) is 5.82 Å². The van der Waals surface area contributed by atoms with Crippen LogP contribution < -0.4 is 10.6 Å². The van der Waals surface area contributed by atoms with Crippen molar-refractivity contribution in [1.82, 2.24) is 10.2 Å². The highest BCUT2D eigenvalue weighted by molar-refractivity contribution is 5.94. The maximum Gasteiger partial charge on any atom is 0.243 e. The zero-order valence-electron chi connectivity index (χ0n) is 14.9. The fraction of sp³-hybridized carbons (Fsp3) is 0.556. The number of carbonyl (C=O) groups excluding carboxylic acids is 1. The van der Waals surface area contributed by atoms with Crippen LogP contribution in [-0.2, 0) is 9.53 Å². The van der Waals surface area contributed by atoms with E-state index in [1.807, 2.05) is 11.9 Å². The van der Waals surface area contributed by atoms with Gasteiger partial charge in [-0.3, -0.25) is 9.79 Å². The first kappa shape index (κ1) is 19.2. The lowest BCUT2D eigenvalue weighted by molar-refractivity contribution is -0.115. The maximum absolute atomic E-state index is 13.1. The second-order valence-corrected chi connectivity index (χ2v) is 6.23. The van der Waals surface area contributed by atoms with Gasteiger partial charge >= 0.3 is 0 Å². The highest BCUT2D eigenvalue weighted by atomic mass is 19.1. The third-order valence-corrected chi connectivity index (χ3v) is 4.30. The highest BCUT2D eigenvalue weighted by Gasteiger charge is 2.15. The molecule has 1 aliphatic heterocycles. The van der Waals surface area contributed by atoms with Crippen LogP contribution in [0.25, 0.3) is 0 Å². The number of guanidine groups is 1. The molecule has 0 atom stereocenters. The van der Waals surface area contributed by atoms with Crippen LogP contribution >= 0.6 is 0 Å². The van der Waals surface area contributed by atoms with Crippen LogP contribution in [0, 0.1) is 11.7 Å². The van der Waals surface area contributed by atoms with Gasteiger partial charge in [-0.15, -0.1) is 0 Å². The summed E-state index contributed by atoms with van der Waals surface area (Å²) >= 11 is 0. The van der Waals surface area contributed by atoms with Gasteiger partial charge < -0.3 is 20.3 Å². The Kier molecular flexibility index (Phi) is 7.66. The summed E-state index contributed by atoms with van der Waals surface area (Å²) in [6.45, 7) is 2.64. The molecule has 1 amide bonds. The molecule has 0 spiro atoms. The summed E-state index contributed by atoms with van der Waals surface area (Å²) in [6.07, 6.45) is 3.29. The van der Waals surface area contributed by atoms with E-state index in [9.17, 15) is 9.18 Å². The molecule has 25 heavy (non-hydrogen) atoms. The molecule has 0 unspecified atom stereocenters. The zero-order valence-corrected chi connectivity index (χ0v) is 14.9. The SMILES string of the molecule is CN=C(NCC(=O)Nc1cccc(F)c1)N(C)CCC1CCOCC1. The van der Waals surface area contributed by atoms with Gasteiger partial charge in [0.05, 0.1) is 6.54 Å². The van der Waals surface area contributed by atoms with E-state index in [1.54, 1.807) is 19.2 Å². The number of nitrogens with zero attached hydrogens (tertiary/aromatic N) is 2. The molecule has 0 aromatic heterocycles. The third-order valence-electron chi connectivity index (χ3n) is 4.30. The van der Waals surface area contributed by atoms with Crippen LogP contribution in [0.5, 0.6) is 0 Å². The summed E-state index contributed by atoms with van der Waals surface area (Å²) < 4.78 is 18.5. The summed E-state index contributed by atoms with van der Waals surface area (Å²) in [5.41, 5.74) is 0.439. The molecular formula is C18H27FN4O2. The molecule has 6 nitrogen and oxygen atoms in total. The number of hydrogen-bond donors (Lipinski definition) is 2. The summed E-state index contributed by atoms with van der Waals surface area (Å²) in [5, 5.41) is 5.69. The minimum absolute atomic E-state index is 0.0742. The van der Waals surface area contributed by atoms with E-state index >= 15 is 0 Å². The monoisotopic (exact) mass is 350 g/mol. The molecule has 2 N–H and O–H groups in total. The van der Waals surface area contributed by atoms with Gasteiger partial charge in [0, 0.05) is 39.5 Å². The van der Waals surface area contributed by atoms with Crippen molar-refractivity contribution in [1.29, 1.82) is 0 Å². The fourth-order valence-corrected chi connectivity index (χ4v) is 2.83. The number of nitrogens with one attached hydrogen (secondary N) is 2. The molecule has 1 aliphatic rings. The van der Waals surface area contributed by atoms with Crippen molar-refractivity contribution in [2.75, 3.05) is 45.7 Å². The van der Waals surface area contributed by atoms with Crippen molar-refractivity contribution in [3.05, 3.63) is 30.1 Å². The van der Waals surface area contributed by atoms with Crippen LogP contribution in [0.4, 0.5) is 10.1 Å².